The lowest BCUT2D eigenvalue weighted by Crippen LogP contribution is -2.53. The molecule has 1 aliphatic carbocycles. The highest BCUT2D eigenvalue weighted by molar-refractivity contribution is 7.93. The van der Waals surface area contributed by atoms with Crippen LogP contribution in [0.25, 0.3) is 0 Å². The van der Waals surface area contributed by atoms with E-state index in [9.17, 15) is 26.4 Å². The molecule has 0 N–H and O–H groups in total. The van der Waals surface area contributed by atoms with Gasteiger partial charge in [0.15, 0.2) is 14.6 Å². The van der Waals surface area contributed by atoms with Crippen molar-refractivity contribution in [3.63, 3.8) is 0 Å². The van der Waals surface area contributed by atoms with E-state index in [2.05, 4.69) is 6.58 Å². The number of para-hydroxylation sites is 1. The Labute approximate surface area is 188 Å². The second kappa shape index (κ2) is 7.31. The number of hydrogen-bond donors (Lipinski definition) is 0. The number of benzene rings is 3. The van der Waals surface area contributed by atoms with Crippen LogP contribution in [-0.4, -0.2) is 19.1 Å². The molecule has 1 heterocycles. The van der Waals surface area contributed by atoms with Crippen LogP contribution in [0.2, 0.25) is 0 Å². The summed E-state index contributed by atoms with van der Waals surface area (Å²) < 4.78 is 74.7. The van der Waals surface area contributed by atoms with Gasteiger partial charge in [0.1, 0.15) is 23.2 Å². The molecule has 3 atom stereocenters. The number of esters is 1. The smallest absolute Gasteiger partial charge is 0.334 e. The van der Waals surface area contributed by atoms with Crippen LogP contribution in [0.3, 0.4) is 0 Å². The molecule has 0 spiro atoms. The second-order valence-corrected chi connectivity index (χ2v) is 10.4. The highest BCUT2D eigenvalue weighted by atomic mass is 32.2. The summed E-state index contributed by atoms with van der Waals surface area (Å²) in [6.07, 6.45) is -0.400. The van der Waals surface area contributed by atoms with E-state index in [-0.39, 0.29) is 16.2 Å². The monoisotopic (exact) mass is 470 g/mol. The minimum absolute atomic E-state index is 0.106. The predicted octanol–water partition coefficient (Wildman–Crippen LogP) is 5.06. The van der Waals surface area contributed by atoms with Gasteiger partial charge in [0.25, 0.3) is 0 Å². The molecule has 0 radical (unpaired) electrons. The normalized spacial score (nSPS) is 24.2. The standard InChI is InChI=1S/C25H17F3O4S/c1-14-13-25(33(30,31)16-7-3-2-4-8-16)23(17-9-5-6-10-20(17)32-24(25)29)21(14)22-18(27)11-15(26)12-19(22)28/h2-12,21,23H,1,13H2/t21-,23+,25+/m1/s1. The van der Waals surface area contributed by atoms with Gasteiger partial charge in [-0.3, -0.25) is 0 Å². The zero-order valence-electron chi connectivity index (χ0n) is 17.1. The van der Waals surface area contributed by atoms with Gasteiger partial charge in [-0.15, -0.1) is 0 Å². The number of allylic oxidation sites excluding steroid dienone is 1. The Balaban J connectivity index is 1.84. The number of hydrogen-bond acceptors (Lipinski definition) is 4. The van der Waals surface area contributed by atoms with E-state index in [1.807, 2.05) is 0 Å². The third kappa shape index (κ3) is 2.90. The lowest BCUT2D eigenvalue weighted by molar-refractivity contribution is -0.139. The number of carbonyl (C=O) groups is 1. The molecular formula is C25H17F3O4S. The van der Waals surface area contributed by atoms with Crippen LogP contribution in [0, 0.1) is 17.5 Å². The minimum Gasteiger partial charge on any atom is -0.425 e. The van der Waals surface area contributed by atoms with E-state index in [1.165, 1.54) is 30.3 Å². The highest BCUT2D eigenvalue weighted by Crippen LogP contribution is 2.63. The minimum atomic E-state index is -4.41. The number of halogens is 3. The molecule has 1 aliphatic heterocycles. The van der Waals surface area contributed by atoms with E-state index in [0.717, 1.165) is 0 Å². The summed E-state index contributed by atoms with van der Waals surface area (Å²) in [6.45, 7) is 3.90. The summed E-state index contributed by atoms with van der Waals surface area (Å²) in [5.41, 5.74) is -0.0815. The van der Waals surface area contributed by atoms with Crippen molar-refractivity contribution < 1.29 is 31.1 Å². The molecule has 0 saturated heterocycles. The van der Waals surface area contributed by atoms with Gasteiger partial charge in [-0.05, 0) is 18.2 Å². The summed E-state index contributed by atoms with van der Waals surface area (Å²) >= 11 is 0. The first-order valence-electron chi connectivity index (χ1n) is 10.1. The van der Waals surface area contributed by atoms with Gasteiger partial charge in [0.05, 0.1) is 4.90 Å². The molecule has 2 aliphatic rings. The van der Waals surface area contributed by atoms with Gasteiger partial charge in [-0.2, -0.15) is 0 Å². The van der Waals surface area contributed by atoms with Crippen molar-refractivity contribution in [3.8, 4) is 5.75 Å². The molecule has 3 aromatic rings. The number of carbonyl (C=O) groups excluding carboxylic acids is 1. The van der Waals surface area contributed by atoms with Crippen molar-refractivity contribution in [1.82, 2.24) is 0 Å². The van der Waals surface area contributed by atoms with Crippen molar-refractivity contribution in [2.45, 2.75) is 27.9 Å². The van der Waals surface area contributed by atoms with Crippen LogP contribution < -0.4 is 4.74 Å². The Morgan fingerprint density at radius 1 is 0.939 bits per heavy atom. The maximum absolute atomic E-state index is 14.9. The fourth-order valence-electron chi connectivity index (χ4n) is 5.11. The molecule has 5 rings (SSSR count). The van der Waals surface area contributed by atoms with Crippen molar-refractivity contribution in [2.75, 3.05) is 0 Å². The molecule has 0 bridgehead atoms. The summed E-state index contributed by atoms with van der Waals surface area (Å²) in [5, 5.41) is 0. The Morgan fingerprint density at radius 3 is 2.21 bits per heavy atom. The molecule has 8 heteroatoms. The van der Waals surface area contributed by atoms with E-state index in [1.54, 1.807) is 24.3 Å². The lowest BCUT2D eigenvalue weighted by atomic mass is 9.77. The molecule has 4 nitrogen and oxygen atoms in total. The van der Waals surface area contributed by atoms with Gasteiger partial charge >= 0.3 is 5.97 Å². The molecule has 1 fully saturated rings. The van der Waals surface area contributed by atoms with Gasteiger partial charge in [0, 0.05) is 41.5 Å². The average Bonchev–Trinajstić information content (AvgIpc) is 3.09. The summed E-state index contributed by atoms with van der Waals surface area (Å²) in [7, 11) is -4.41. The molecule has 0 unspecified atom stereocenters. The maximum atomic E-state index is 14.9. The molecule has 3 aromatic carbocycles. The number of ether oxygens (including phenoxy) is 1. The SMILES string of the molecule is C=C1C[C@@]2(S(=O)(=O)c3ccccc3)C(=O)Oc3ccccc3[C@H]2[C@H]1c1c(F)cc(F)cc1F. The Kier molecular flexibility index (Phi) is 4.75. The van der Waals surface area contributed by atoms with Crippen LogP contribution in [0.15, 0.2) is 83.8 Å². The highest BCUT2D eigenvalue weighted by Gasteiger charge is 2.68. The zero-order chi connectivity index (χ0) is 23.5. The van der Waals surface area contributed by atoms with Gasteiger partial charge < -0.3 is 4.74 Å². The number of fused-ring (bicyclic) bond motifs is 3. The van der Waals surface area contributed by atoms with Crippen molar-refractivity contribution >= 4 is 15.8 Å². The fraction of sp³-hybridized carbons (Fsp3) is 0.160. The second-order valence-electron chi connectivity index (χ2n) is 8.21. The third-order valence-electron chi connectivity index (χ3n) is 6.46. The molecule has 33 heavy (non-hydrogen) atoms. The van der Waals surface area contributed by atoms with Crippen molar-refractivity contribution in [3.05, 3.63) is 107 Å². The number of sulfone groups is 1. The first-order chi connectivity index (χ1) is 15.7. The molecule has 168 valence electrons. The quantitative estimate of drug-likeness (QED) is 0.305. The first-order valence-corrected chi connectivity index (χ1v) is 11.6. The lowest BCUT2D eigenvalue weighted by Gasteiger charge is -2.39. The summed E-state index contributed by atoms with van der Waals surface area (Å²) in [4.78, 5) is 13.3. The van der Waals surface area contributed by atoms with Crippen molar-refractivity contribution in [2.24, 2.45) is 0 Å². The van der Waals surface area contributed by atoms with Gasteiger partial charge in [-0.25, -0.2) is 26.4 Å². The van der Waals surface area contributed by atoms with Crippen LogP contribution in [-0.2, 0) is 14.6 Å². The summed E-state index contributed by atoms with van der Waals surface area (Å²) in [5.74, 6) is -6.87. The third-order valence-corrected chi connectivity index (χ3v) is 8.87. The maximum Gasteiger partial charge on any atom is 0.334 e. The molecule has 1 saturated carbocycles. The molecule has 0 amide bonds. The number of rotatable bonds is 3. The van der Waals surface area contributed by atoms with Crippen molar-refractivity contribution in [1.29, 1.82) is 0 Å². The Hall–Kier alpha value is -3.39. The zero-order valence-corrected chi connectivity index (χ0v) is 17.9. The topological polar surface area (TPSA) is 60.4 Å². The first kappa shape index (κ1) is 21.5. The van der Waals surface area contributed by atoms with E-state index in [0.29, 0.717) is 17.7 Å². The van der Waals surface area contributed by atoms with E-state index >= 15 is 0 Å². The molecular weight excluding hydrogens is 453 g/mol. The fourth-order valence-corrected chi connectivity index (χ4v) is 7.28. The Bertz CT molecular complexity index is 1400. The predicted molar refractivity (Wildman–Crippen MR) is 114 cm³/mol. The van der Waals surface area contributed by atoms with Crippen LogP contribution >= 0.6 is 0 Å². The van der Waals surface area contributed by atoms with E-state index < -0.39 is 61.8 Å². The van der Waals surface area contributed by atoms with Crippen LogP contribution in [0.4, 0.5) is 13.2 Å². The van der Waals surface area contributed by atoms with Gasteiger partial charge in [-0.1, -0.05) is 48.6 Å². The molecule has 0 aromatic heterocycles. The summed E-state index contributed by atoms with van der Waals surface area (Å²) in [6, 6.07) is 14.7. The average molecular weight is 470 g/mol. The van der Waals surface area contributed by atoms with E-state index in [4.69, 9.17) is 4.74 Å². The largest absolute Gasteiger partial charge is 0.425 e. The van der Waals surface area contributed by atoms with Crippen LogP contribution in [0.1, 0.15) is 29.4 Å². The Morgan fingerprint density at radius 2 is 1.55 bits per heavy atom. The van der Waals surface area contributed by atoms with Crippen LogP contribution in [0.5, 0.6) is 5.75 Å². The van der Waals surface area contributed by atoms with Gasteiger partial charge in [0.2, 0.25) is 0 Å².